The fourth-order valence-corrected chi connectivity index (χ4v) is 1.17. The topological polar surface area (TPSA) is 55.1 Å². The molecule has 0 fully saturated rings. The van der Waals surface area contributed by atoms with Crippen molar-refractivity contribution in [1.82, 2.24) is 9.78 Å². The first-order chi connectivity index (χ1) is 7.34. The third kappa shape index (κ3) is 2.85. The molecule has 0 atom stereocenters. The summed E-state index contributed by atoms with van der Waals surface area (Å²) < 4.78 is 37.7. The highest BCUT2D eigenvalue weighted by Gasteiger charge is 2.34. The molecular formula is C9H9F3N2O2. The largest absolute Gasteiger partial charge is 0.480 e. The predicted molar refractivity (Wildman–Crippen MR) is 48.8 cm³/mol. The summed E-state index contributed by atoms with van der Waals surface area (Å²) in [6, 6.07) is 0.824. The number of carbonyl (C=O) groups is 1. The Morgan fingerprint density at radius 1 is 1.62 bits per heavy atom. The van der Waals surface area contributed by atoms with E-state index in [1.807, 2.05) is 0 Å². The number of halogens is 3. The maximum absolute atomic E-state index is 12.3. The third-order valence-corrected chi connectivity index (χ3v) is 1.79. The summed E-state index contributed by atoms with van der Waals surface area (Å²) in [4.78, 5) is 10.4. The van der Waals surface area contributed by atoms with Gasteiger partial charge < -0.3 is 5.11 Å². The molecule has 0 saturated carbocycles. The molecule has 88 valence electrons. The van der Waals surface area contributed by atoms with Crippen LogP contribution in [-0.4, -0.2) is 20.9 Å². The van der Waals surface area contributed by atoms with Crippen molar-refractivity contribution in [3.63, 3.8) is 0 Å². The van der Waals surface area contributed by atoms with Gasteiger partial charge in [-0.25, -0.2) is 0 Å². The average molecular weight is 234 g/mol. The molecule has 0 aliphatic heterocycles. The van der Waals surface area contributed by atoms with Gasteiger partial charge in [0.05, 0.1) is 0 Å². The molecule has 0 unspecified atom stereocenters. The summed E-state index contributed by atoms with van der Waals surface area (Å²) in [6.45, 7) is 2.78. The van der Waals surface area contributed by atoms with Gasteiger partial charge in [-0.15, -0.1) is 6.58 Å². The highest BCUT2D eigenvalue weighted by atomic mass is 19.4. The van der Waals surface area contributed by atoms with E-state index in [0.29, 0.717) is 0 Å². The Morgan fingerprint density at radius 3 is 2.69 bits per heavy atom. The molecule has 1 rings (SSSR count). The number of carboxylic acids is 1. The summed E-state index contributed by atoms with van der Waals surface area (Å²) in [6.07, 6.45) is -3.05. The summed E-state index contributed by atoms with van der Waals surface area (Å²) >= 11 is 0. The monoisotopic (exact) mass is 234 g/mol. The van der Waals surface area contributed by atoms with E-state index in [4.69, 9.17) is 5.11 Å². The molecule has 0 aromatic carbocycles. The lowest BCUT2D eigenvalue weighted by atomic mass is 10.2. The molecule has 0 aliphatic rings. The minimum Gasteiger partial charge on any atom is -0.480 e. The maximum Gasteiger partial charge on any atom is 0.435 e. The Bertz CT molecular complexity index is 409. The van der Waals surface area contributed by atoms with E-state index in [9.17, 15) is 18.0 Å². The summed E-state index contributed by atoms with van der Waals surface area (Å²) in [7, 11) is 0. The van der Waals surface area contributed by atoms with Gasteiger partial charge >= 0.3 is 12.1 Å². The van der Waals surface area contributed by atoms with E-state index in [1.165, 1.54) is 6.08 Å². The molecule has 0 aliphatic carbocycles. The summed E-state index contributed by atoms with van der Waals surface area (Å²) in [5, 5.41) is 11.7. The Kier molecular flexibility index (Phi) is 3.36. The normalized spacial score (nSPS) is 11.4. The van der Waals surface area contributed by atoms with Crippen LogP contribution in [0.1, 0.15) is 11.4 Å². The van der Waals surface area contributed by atoms with Crippen molar-refractivity contribution in [1.29, 1.82) is 0 Å². The molecular weight excluding hydrogens is 225 g/mol. The van der Waals surface area contributed by atoms with Gasteiger partial charge in [-0.3, -0.25) is 9.48 Å². The molecule has 0 saturated heterocycles. The van der Waals surface area contributed by atoms with Crippen molar-refractivity contribution in [2.24, 2.45) is 0 Å². The predicted octanol–water partition coefficient (Wildman–Crippen LogP) is 1.71. The summed E-state index contributed by atoms with van der Waals surface area (Å²) in [5.74, 6) is -1.25. The zero-order valence-electron chi connectivity index (χ0n) is 8.16. The number of nitrogens with zero attached hydrogens (tertiary/aromatic N) is 2. The van der Waals surface area contributed by atoms with Crippen LogP contribution in [0.4, 0.5) is 13.2 Å². The van der Waals surface area contributed by atoms with E-state index in [-0.39, 0.29) is 12.1 Å². The highest BCUT2D eigenvalue weighted by Crippen LogP contribution is 2.28. The quantitative estimate of drug-likeness (QED) is 0.807. The van der Waals surface area contributed by atoms with Crippen LogP contribution in [0.5, 0.6) is 0 Å². The van der Waals surface area contributed by atoms with Gasteiger partial charge in [-0.2, -0.15) is 18.3 Å². The van der Waals surface area contributed by atoms with Gasteiger partial charge in [0.25, 0.3) is 0 Å². The molecule has 1 N–H and O–H groups in total. The number of rotatable bonds is 4. The second-order valence-electron chi connectivity index (χ2n) is 3.06. The van der Waals surface area contributed by atoms with Crippen molar-refractivity contribution >= 4 is 5.97 Å². The molecule has 16 heavy (non-hydrogen) atoms. The van der Waals surface area contributed by atoms with Gasteiger partial charge in [-0.05, 0) is 6.07 Å². The number of aliphatic carboxylic acids is 1. The van der Waals surface area contributed by atoms with Gasteiger partial charge in [-0.1, -0.05) is 6.08 Å². The number of allylic oxidation sites excluding steroid dienone is 1. The van der Waals surface area contributed by atoms with E-state index in [0.717, 1.165) is 10.7 Å². The van der Waals surface area contributed by atoms with Crippen molar-refractivity contribution < 1.29 is 23.1 Å². The number of carboxylic acid groups (broad SMARTS) is 1. The van der Waals surface area contributed by atoms with Gasteiger partial charge in [0.15, 0.2) is 5.69 Å². The Hall–Kier alpha value is -1.79. The zero-order chi connectivity index (χ0) is 12.3. The SMILES string of the molecule is C=CCc1cc(C(F)(F)F)nn1CC(=O)O. The number of alkyl halides is 3. The first kappa shape index (κ1) is 12.3. The fourth-order valence-electron chi connectivity index (χ4n) is 1.17. The molecule has 1 aromatic rings. The molecule has 0 bridgehead atoms. The molecule has 7 heteroatoms. The Balaban J connectivity index is 3.09. The van der Waals surface area contributed by atoms with Crippen LogP contribution in [0, 0.1) is 0 Å². The molecule has 0 amide bonds. The van der Waals surface area contributed by atoms with Crippen LogP contribution in [0.2, 0.25) is 0 Å². The van der Waals surface area contributed by atoms with E-state index < -0.39 is 24.4 Å². The van der Waals surface area contributed by atoms with E-state index in [1.54, 1.807) is 0 Å². The third-order valence-electron chi connectivity index (χ3n) is 1.79. The van der Waals surface area contributed by atoms with Gasteiger partial charge in [0.1, 0.15) is 6.54 Å². The minimum atomic E-state index is -4.57. The smallest absolute Gasteiger partial charge is 0.435 e. The lowest BCUT2D eigenvalue weighted by Gasteiger charge is -2.01. The van der Waals surface area contributed by atoms with Crippen LogP contribution < -0.4 is 0 Å². The Labute approximate surface area is 89.0 Å². The maximum atomic E-state index is 12.3. The number of hydrogen-bond acceptors (Lipinski definition) is 2. The van der Waals surface area contributed by atoms with E-state index in [2.05, 4.69) is 11.7 Å². The molecule has 0 spiro atoms. The van der Waals surface area contributed by atoms with Gasteiger partial charge in [0, 0.05) is 12.1 Å². The second kappa shape index (κ2) is 4.38. The Morgan fingerprint density at radius 2 is 2.25 bits per heavy atom. The standard InChI is InChI=1S/C9H9F3N2O2/c1-2-3-6-4-7(9(10,11)12)13-14(6)5-8(15)16/h2,4H,1,3,5H2,(H,15,16). The van der Waals surface area contributed by atoms with Crippen molar-refractivity contribution in [3.05, 3.63) is 30.1 Å². The average Bonchev–Trinajstić information content (AvgIpc) is 2.47. The number of hydrogen-bond donors (Lipinski definition) is 1. The van der Waals surface area contributed by atoms with Crippen LogP contribution in [-0.2, 0) is 23.9 Å². The van der Waals surface area contributed by atoms with Crippen molar-refractivity contribution in [2.45, 2.75) is 19.1 Å². The number of aromatic nitrogens is 2. The van der Waals surface area contributed by atoms with Crippen LogP contribution in [0.15, 0.2) is 18.7 Å². The fraction of sp³-hybridized carbons (Fsp3) is 0.333. The molecule has 0 radical (unpaired) electrons. The molecule has 4 nitrogen and oxygen atoms in total. The summed E-state index contributed by atoms with van der Waals surface area (Å²) in [5.41, 5.74) is -0.921. The zero-order valence-corrected chi connectivity index (χ0v) is 8.16. The first-order valence-electron chi connectivity index (χ1n) is 4.31. The lowest BCUT2D eigenvalue weighted by molar-refractivity contribution is -0.143. The second-order valence-corrected chi connectivity index (χ2v) is 3.06. The first-order valence-corrected chi connectivity index (χ1v) is 4.31. The highest BCUT2D eigenvalue weighted by molar-refractivity contribution is 5.66. The van der Waals surface area contributed by atoms with Crippen molar-refractivity contribution in [2.75, 3.05) is 0 Å². The molecule has 1 aromatic heterocycles. The van der Waals surface area contributed by atoms with Crippen LogP contribution in [0.25, 0.3) is 0 Å². The van der Waals surface area contributed by atoms with E-state index >= 15 is 0 Å². The van der Waals surface area contributed by atoms with Gasteiger partial charge in [0.2, 0.25) is 0 Å². The molecule has 1 heterocycles. The lowest BCUT2D eigenvalue weighted by Crippen LogP contribution is -2.14. The van der Waals surface area contributed by atoms with Crippen molar-refractivity contribution in [3.8, 4) is 0 Å². The van der Waals surface area contributed by atoms with Crippen LogP contribution in [0.3, 0.4) is 0 Å². The minimum absolute atomic E-state index is 0.135. The van der Waals surface area contributed by atoms with Crippen LogP contribution >= 0.6 is 0 Å².